The second-order valence-corrected chi connectivity index (χ2v) is 9.11. The molecule has 24 heavy (non-hydrogen) atoms. The molecule has 3 aromatic carbocycles. The van der Waals surface area contributed by atoms with Gasteiger partial charge in [-0.2, -0.15) is 0 Å². The van der Waals surface area contributed by atoms with Crippen molar-refractivity contribution in [2.75, 3.05) is 0 Å². The van der Waals surface area contributed by atoms with Crippen LogP contribution in [-0.2, 0) is 9.53 Å². The van der Waals surface area contributed by atoms with E-state index >= 15 is 0 Å². The molecular weight excluding hydrogens is 435 g/mol. The minimum atomic E-state index is -0.712. The van der Waals surface area contributed by atoms with Crippen LogP contribution in [0.25, 0.3) is 10.8 Å². The molecule has 0 bridgehead atoms. The van der Waals surface area contributed by atoms with Crippen LogP contribution in [-0.4, -0.2) is 26.9 Å². The van der Waals surface area contributed by atoms with E-state index in [1.165, 1.54) is 14.4 Å². The molecule has 0 amide bonds. The molecule has 1 atom stereocenters. The van der Waals surface area contributed by atoms with Crippen LogP contribution < -0.4 is 3.61 Å². The van der Waals surface area contributed by atoms with Crippen LogP contribution >= 0.6 is 11.6 Å². The van der Waals surface area contributed by atoms with E-state index in [0.29, 0.717) is 5.02 Å². The Bertz CT molecular complexity index is 942. The van der Waals surface area contributed by atoms with Crippen LogP contribution in [0.4, 0.5) is 0 Å². The van der Waals surface area contributed by atoms with Crippen LogP contribution in [0.15, 0.2) is 76.4 Å². The zero-order valence-electron chi connectivity index (χ0n) is 12.6. The molecule has 118 valence electrons. The number of cyclic esters (lactones) is 1. The molecule has 0 N–H and O–H groups in total. The second-order valence-electron chi connectivity index (χ2n) is 5.49. The van der Waals surface area contributed by atoms with Gasteiger partial charge in [0.05, 0.1) is 0 Å². The molecule has 0 aliphatic carbocycles. The molecule has 0 fully saturated rings. The minimum absolute atomic E-state index is 0.254. The molecule has 3 aromatic rings. The molecule has 4 heteroatoms. The molecule has 0 spiro atoms. The number of hydrogen-bond donors (Lipinski definition) is 0. The van der Waals surface area contributed by atoms with Gasteiger partial charge in [-0.15, -0.1) is 0 Å². The quantitative estimate of drug-likeness (QED) is 0.447. The SMILES string of the molecule is O=C1C=C([Te]c2cccc3ccccc23)C(c2ccc(Cl)cc2)O1. The Labute approximate surface area is 155 Å². The summed E-state index contributed by atoms with van der Waals surface area (Å²) in [4.78, 5) is 11.9. The van der Waals surface area contributed by atoms with Crippen LogP contribution in [0.2, 0.25) is 5.02 Å². The summed E-state index contributed by atoms with van der Waals surface area (Å²) in [6.45, 7) is 0. The van der Waals surface area contributed by atoms with Crippen LogP contribution in [0.3, 0.4) is 0 Å². The van der Waals surface area contributed by atoms with Gasteiger partial charge in [0.15, 0.2) is 0 Å². The van der Waals surface area contributed by atoms with Gasteiger partial charge >= 0.3 is 156 Å². The Hall–Kier alpha value is -1.79. The molecular formula is C20H13ClO2Te. The summed E-state index contributed by atoms with van der Waals surface area (Å²) in [6, 6.07) is 22.2. The van der Waals surface area contributed by atoms with E-state index in [-0.39, 0.29) is 12.1 Å². The van der Waals surface area contributed by atoms with Gasteiger partial charge in [0.2, 0.25) is 0 Å². The second kappa shape index (κ2) is 6.61. The first-order valence-corrected chi connectivity index (χ1v) is 10.2. The Morgan fingerprint density at radius 1 is 0.917 bits per heavy atom. The number of halogens is 1. The van der Waals surface area contributed by atoms with Crippen LogP contribution in [0.5, 0.6) is 0 Å². The van der Waals surface area contributed by atoms with E-state index in [0.717, 1.165) is 9.18 Å². The first kappa shape index (κ1) is 15.7. The molecule has 0 aromatic heterocycles. The topological polar surface area (TPSA) is 26.3 Å². The third-order valence-electron chi connectivity index (χ3n) is 3.90. The van der Waals surface area contributed by atoms with Crippen LogP contribution in [0.1, 0.15) is 11.7 Å². The average Bonchev–Trinajstić information content (AvgIpc) is 2.96. The van der Waals surface area contributed by atoms with E-state index in [4.69, 9.17) is 16.3 Å². The first-order chi connectivity index (χ1) is 11.7. The van der Waals surface area contributed by atoms with Gasteiger partial charge in [-0.05, 0) is 0 Å². The van der Waals surface area contributed by atoms with E-state index in [1.54, 1.807) is 6.08 Å². The molecule has 1 unspecified atom stereocenters. The third-order valence-corrected chi connectivity index (χ3v) is 7.42. The normalized spacial score (nSPS) is 17.0. The van der Waals surface area contributed by atoms with Gasteiger partial charge < -0.3 is 0 Å². The summed E-state index contributed by atoms with van der Waals surface area (Å²) in [5, 5.41) is 3.17. The van der Waals surface area contributed by atoms with Crippen molar-refractivity contribution in [3.63, 3.8) is 0 Å². The number of rotatable bonds is 3. The summed E-state index contributed by atoms with van der Waals surface area (Å²) in [6.07, 6.45) is 1.39. The van der Waals surface area contributed by atoms with Gasteiger partial charge in [-0.1, -0.05) is 0 Å². The third kappa shape index (κ3) is 3.08. The van der Waals surface area contributed by atoms with Gasteiger partial charge in [0.1, 0.15) is 0 Å². The predicted molar refractivity (Wildman–Crippen MR) is 97.7 cm³/mol. The van der Waals surface area contributed by atoms with Crippen molar-refractivity contribution in [1.82, 2.24) is 0 Å². The van der Waals surface area contributed by atoms with Gasteiger partial charge in [0.25, 0.3) is 0 Å². The van der Waals surface area contributed by atoms with Crippen molar-refractivity contribution in [2.45, 2.75) is 6.10 Å². The summed E-state index contributed by atoms with van der Waals surface area (Å²) >= 11 is 5.25. The molecule has 2 nitrogen and oxygen atoms in total. The number of carbonyl (C=O) groups is 1. The Balaban J connectivity index is 1.70. The van der Waals surface area contributed by atoms with Crippen molar-refractivity contribution in [2.24, 2.45) is 0 Å². The monoisotopic (exact) mass is 450 g/mol. The molecule has 0 saturated carbocycles. The van der Waals surface area contributed by atoms with Crippen molar-refractivity contribution < 1.29 is 9.53 Å². The average molecular weight is 448 g/mol. The number of ether oxygens (including phenoxy) is 1. The first-order valence-electron chi connectivity index (χ1n) is 7.54. The van der Waals surface area contributed by atoms with Crippen molar-refractivity contribution in [3.05, 3.63) is 87.0 Å². The summed E-state index contributed by atoms with van der Waals surface area (Å²) in [7, 11) is 0. The van der Waals surface area contributed by atoms with Crippen LogP contribution in [0, 0.1) is 0 Å². The number of carbonyl (C=O) groups excluding carboxylic acids is 1. The summed E-state index contributed by atoms with van der Waals surface area (Å²) < 4.78 is 7.96. The molecule has 4 rings (SSSR count). The number of fused-ring (bicyclic) bond motifs is 1. The Kier molecular flexibility index (Phi) is 4.33. The van der Waals surface area contributed by atoms with Crippen molar-refractivity contribution >= 4 is 52.9 Å². The fourth-order valence-electron chi connectivity index (χ4n) is 2.76. The van der Waals surface area contributed by atoms with Gasteiger partial charge in [0, 0.05) is 0 Å². The van der Waals surface area contributed by atoms with E-state index in [2.05, 4.69) is 36.4 Å². The number of esters is 1. The molecule has 1 aliphatic heterocycles. The van der Waals surface area contributed by atoms with Gasteiger partial charge in [-0.25, -0.2) is 0 Å². The van der Waals surface area contributed by atoms with Gasteiger partial charge in [-0.3, -0.25) is 0 Å². The van der Waals surface area contributed by atoms with Crippen molar-refractivity contribution in [3.8, 4) is 0 Å². The van der Waals surface area contributed by atoms with E-state index in [1.807, 2.05) is 30.3 Å². The zero-order chi connectivity index (χ0) is 16.5. The van der Waals surface area contributed by atoms with E-state index in [9.17, 15) is 4.79 Å². The molecule has 0 radical (unpaired) electrons. The molecule has 1 aliphatic rings. The fourth-order valence-corrected chi connectivity index (χ4v) is 6.15. The molecule has 1 heterocycles. The maximum atomic E-state index is 11.9. The maximum absolute atomic E-state index is 11.9. The summed E-state index contributed by atoms with van der Waals surface area (Å²) in [5.74, 6) is -0.254. The number of hydrogen-bond acceptors (Lipinski definition) is 2. The predicted octanol–water partition coefficient (Wildman–Crippen LogP) is 4.00. The number of benzene rings is 3. The standard InChI is InChI=1S/C20H13ClO2Te/c21-15-10-8-14(9-11-15)20-18(12-19(22)23-20)24-17-7-3-5-13-4-1-2-6-16(13)17/h1-12,20H. The molecule has 0 saturated heterocycles. The Morgan fingerprint density at radius 3 is 2.50 bits per heavy atom. The fraction of sp³-hybridized carbons (Fsp3) is 0.0500. The Morgan fingerprint density at radius 2 is 1.67 bits per heavy atom. The summed E-state index contributed by atoms with van der Waals surface area (Å²) in [5.41, 5.74) is 0.974. The zero-order valence-corrected chi connectivity index (χ0v) is 15.7. The van der Waals surface area contributed by atoms with Crippen molar-refractivity contribution in [1.29, 1.82) is 0 Å². The van der Waals surface area contributed by atoms with E-state index < -0.39 is 20.9 Å².